The summed E-state index contributed by atoms with van der Waals surface area (Å²) in [5, 5.41) is 28.0. The summed E-state index contributed by atoms with van der Waals surface area (Å²) in [6, 6.07) is 6.73. The zero-order chi connectivity index (χ0) is 64.1. The van der Waals surface area contributed by atoms with Gasteiger partial charge in [0.05, 0.1) is 41.4 Å². The van der Waals surface area contributed by atoms with Crippen LogP contribution in [0.15, 0.2) is 68.4 Å². The number of hydrogen-bond acceptors (Lipinski definition) is 25. The van der Waals surface area contributed by atoms with Crippen molar-refractivity contribution in [3.63, 3.8) is 0 Å². The molecule has 0 saturated carbocycles. The fourth-order valence-corrected chi connectivity index (χ4v) is 15.6. The van der Waals surface area contributed by atoms with Crippen LogP contribution in [0, 0.1) is 17.3 Å². The van der Waals surface area contributed by atoms with Crippen LogP contribution in [0.25, 0.3) is 33.4 Å². The number of anilines is 1. The molecule has 0 radical (unpaired) electrons. The molecule has 3 heterocycles. The van der Waals surface area contributed by atoms with E-state index >= 15 is 0 Å². The Morgan fingerprint density at radius 2 is 1.61 bits per heavy atom. The fraction of sp³-hybridized carbons (Fsp3) is 0.400. The van der Waals surface area contributed by atoms with Crippen molar-refractivity contribution in [1.29, 1.82) is 5.41 Å². The average molecular weight is 1400 g/mol. The molecule has 5 amide bonds. The first-order chi connectivity index (χ1) is 40.8. The molecule has 2 aromatic carbocycles. The monoisotopic (exact) mass is 1390 g/mol. The van der Waals surface area contributed by atoms with Gasteiger partial charge in [-0.15, -0.1) is 0 Å². The number of urea groups is 2. The van der Waals surface area contributed by atoms with E-state index in [1.807, 2.05) is 6.92 Å². The summed E-state index contributed by atoms with van der Waals surface area (Å²) in [6.07, 6.45) is -0.973. The van der Waals surface area contributed by atoms with E-state index in [4.69, 9.17) is 49.8 Å². The normalized spacial score (nSPS) is 18.7. The van der Waals surface area contributed by atoms with Crippen molar-refractivity contribution >= 4 is 127 Å². The minimum absolute atomic E-state index is 0.0276. The molecule has 0 spiro atoms. The Bertz CT molecular complexity index is 3740. The number of aromatic carboxylic acids is 1. The van der Waals surface area contributed by atoms with Crippen molar-refractivity contribution in [3.8, 4) is 34.3 Å². The fourth-order valence-electron chi connectivity index (χ4n) is 8.21. The lowest BCUT2D eigenvalue weighted by atomic mass is 9.89. The summed E-state index contributed by atoms with van der Waals surface area (Å²) in [7, 11) is -21.8. The Morgan fingerprint density at radius 3 is 2.30 bits per heavy atom. The van der Waals surface area contributed by atoms with Crippen LogP contribution in [0.1, 0.15) is 53.3 Å². The first kappa shape index (κ1) is 71.3. The van der Waals surface area contributed by atoms with Gasteiger partial charge in [-0.2, -0.15) is 25.5 Å². The first-order valence-corrected chi connectivity index (χ1v) is 37.3. The molecule has 6 atom stereocenters. The summed E-state index contributed by atoms with van der Waals surface area (Å²) in [5.41, 5.74) is 9.78. The van der Waals surface area contributed by atoms with Crippen molar-refractivity contribution in [1.82, 2.24) is 26.2 Å². The van der Waals surface area contributed by atoms with Crippen molar-refractivity contribution < 1.29 is 115 Å². The highest BCUT2D eigenvalue weighted by atomic mass is 33.1. The van der Waals surface area contributed by atoms with Gasteiger partial charge in [0.2, 0.25) is 0 Å². The number of carbonyl (C=O) groups is 4. The molecule has 1 aliphatic carbocycles. The predicted molar refractivity (Wildman–Crippen MR) is 316 cm³/mol. The molecule has 33 nitrogen and oxygen atoms in total. The highest BCUT2D eigenvalue weighted by Crippen LogP contribution is 2.66. The Morgan fingerprint density at radius 1 is 0.885 bits per heavy atom. The number of nitrogens with zero attached hydrogens (tertiary/aromatic N) is 1. The SMILES string of the molecule is CCSSCO[C@@H]1C[C@H](N2C=C(C#CCNC(=O)NCCCCCOCSSCCNC(=O)c3ccc(C(=O)O)c(-c4c5ccc(=N)c(S(=O)(=O)O)c-5oc5c(S(=O)(=O)O)c(N)ccc45)c3)C(N)NC2=O)O[C@@H]1COP(=O)(O)OP(=O)(O)OP(=O)(O)O. The number of ether oxygens (including phenoxy) is 3. The summed E-state index contributed by atoms with van der Waals surface area (Å²) in [5.74, 6) is 4.15. The Labute approximate surface area is 511 Å². The number of unbranched alkanes of at least 4 members (excludes halogenated alkanes) is 2. The van der Waals surface area contributed by atoms with Gasteiger partial charge in [0.15, 0.2) is 21.1 Å². The van der Waals surface area contributed by atoms with Gasteiger partial charge in [-0.1, -0.05) is 61.9 Å². The number of carboxylic acid groups (broad SMARTS) is 1. The van der Waals surface area contributed by atoms with Gasteiger partial charge in [0, 0.05) is 65.9 Å². The number of phosphoric acid groups is 3. The molecular formula is C45H57N8O25P3S6. The third kappa shape index (κ3) is 20.6. The second kappa shape index (κ2) is 31.3. The van der Waals surface area contributed by atoms with Crippen molar-refractivity contribution in [2.24, 2.45) is 5.73 Å². The van der Waals surface area contributed by atoms with Gasteiger partial charge in [-0.3, -0.25) is 28.7 Å². The molecule has 3 unspecified atom stereocenters. The van der Waals surface area contributed by atoms with Crippen molar-refractivity contribution in [2.75, 3.05) is 62.0 Å². The lowest BCUT2D eigenvalue weighted by Crippen LogP contribution is -2.54. The standard InChI is InChI=1S/C45H57N8O25P3S6/c1-2-82-85-24-73-33-20-35(75-34(33)22-74-80(62,63)78-81(64,65)77-79(59,60)61)53-21-26(41(48)52-45(53)58)7-6-15-51-44(57)50-14-4-3-5-17-72-23-84-83-18-16-49-42(54)25-8-9-27(43(55)56)30(19-25)36-28-10-12-31(46)39(86(66,67)68)37(28)76-38-29(36)11-13-32(47)40(38)87(69,70)71/h8-13,19,21,33-35,41,46H,2-5,14-18,20,22-24,47-48H2,1H3,(H,49,54)(H,52,58)(H,55,56)(H,62,63)(H,64,65)(H2,50,51,57)(H2,59,60,61)(H,66,67,68)(H,69,70,71)/t33-,34-,35-,41?/m1/s1. The number of nitrogen functional groups attached to an aromatic ring is 1. The highest BCUT2D eigenvalue weighted by molar-refractivity contribution is 8.77. The molecular weight excluding hydrogens is 1340 g/mol. The maximum absolute atomic E-state index is 13.4. The van der Waals surface area contributed by atoms with E-state index in [0.29, 0.717) is 44.1 Å². The number of amides is 5. The van der Waals surface area contributed by atoms with E-state index in [9.17, 15) is 73.7 Å². The second-order valence-corrected chi connectivity index (χ2v) is 30.2. The number of carboxylic acids is 1. The molecule has 0 bridgehead atoms. The Kier molecular flexibility index (Phi) is 25.6. The summed E-state index contributed by atoms with van der Waals surface area (Å²) in [6.45, 7) is 1.84. The van der Waals surface area contributed by atoms with E-state index in [-0.39, 0.29) is 58.7 Å². The maximum Gasteiger partial charge on any atom is 0.490 e. The van der Waals surface area contributed by atoms with Crippen LogP contribution in [0.5, 0.6) is 0 Å². The van der Waals surface area contributed by atoms with Crippen LogP contribution >= 0.6 is 66.6 Å². The number of phosphoric ester groups is 1. The van der Waals surface area contributed by atoms with E-state index < -0.39 is 137 Å². The molecule has 0 aromatic heterocycles. The van der Waals surface area contributed by atoms with Gasteiger partial charge in [-0.25, -0.2) is 28.1 Å². The lowest BCUT2D eigenvalue weighted by molar-refractivity contribution is -0.0609. The summed E-state index contributed by atoms with van der Waals surface area (Å²) in [4.78, 5) is 87.6. The third-order valence-corrected chi connectivity index (χ3v) is 21.6. The molecule has 42 heteroatoms. The van der Waals surface area contributed by atoms with Crippen molar-refractivity contribution in [2.45, 2.75) is 67.0 Å². The molecule has 478 valence electrons. The molecule has 6 rings (SSSR count). The number of carbonyl (C=O) groups excluding carboxylic acids is 3. The van der Waals surface area contributed by atoms with Gasteiger partial charge in [-0.05, 0) is 67.3 Å². The first-order valence-electron chi connectivity index (χ1n) is 25.0. The summed E-state index contributed by atoms with van der Waals surface area (Å²) >= 11 is 0. The van der Waals surface area contributed by atoms with Crippen LogP contribution in [-0.4, -0.2) is 160 Å². The van der Waals surface area contributed by atoms with Crippen LogP contribution in [0.3, 0.4) is 0 Å². The molecule has 16 N–H and O–H groups in total. The van der Waals surface area contributed by atoms with Gasteiger partial charge >= 0.3 is 41.5 Å². The van der Waals surface area contributed by atoms with Crippen LogP contribution < -0.4 is 38.1 Å². The zero-order valence-corrected chi connectivity index (χ0v) is 52.6. The third-order valence-electron chi connectivity index (χ3n) is 11.8. The smallest absolute Gasteiger partial charge is 0.478 e. The van der Waals surface area contributed by atoms with E-state index in [1.165, 1.54) is 73.6 Å². The topological polar surface area (TPSA) is 525 Å². The van der Waals surface area contributed by atoms with Crippen molar-refractivity contribution in [3.05, 3.63) is 70.7 Å². The number of fused-ring (bicyclic) bond motifs is 2. The zero-order valence-electron chi connectivity index (χ0n) is 45.0. The predicted octanol–water partition coefficient (Wildman–Crippen LogP) is 4.41. The molecule has 2 aromatic rings. The van der Waals surface area contributed by atoms with Crippen LogP contribution in [0.2, 0.25) is 0 Å². The van der Waals surface area contributed by atoms with E-state index in [1.54, 1.807) is 0 Å². The highest BCUT2D eigenvalue weighted by Gasteiger charge is 2.45. The van der Waals surface area contributed by atoms with Crippen LogP contribution in [0.4, 0.5) is 15.3 Å². The number of nitrogens with one attached hydrogen (secondary N) is 5. The minimum Gasteiger partial charge on any atom is -0.478 e. The summed E-state index contributed by atoms with van der Waals surface area (Å²) < 4.78 is 141. The lowest BCUT2D eigenvalue weighted by Gasteiger charge is -2.32. The van der Waals surface area contributed by atoms with Gasteiger partial charge < -0.3 is 76.0 Å². The number of hydrogen-bond donors (Lipinski definition) is 14. The molecule has 1 fully saturated rings. The van der Waals surface area contributed by atoms with Gasteiger partial charge in [0.1, 0.15) is 30.4 Å². The average Bonchev–Trinajstić information content (AvgIpc) is 1.23. The van der Waals surface area contributed by atoms with Gasteiger partial charge in [0.25, 0.3) is 26.1 Å². The molecule has 87 heavy (non-hydrogen) atoms. The van der Waals surface area contributed by atoms with E-state index in [2.05, 4.69) is 41.7 Å². The van der Waals surface area contributed by atoms with E-state index in [0.717, 1.165) is 28.9 Å². The molecule has 3 aliphatic heterocycles. The Hall–Kier alpha value is -4.82. The second-order valence-electron chi connectivity index (χ2n) is 17.9. The Balaban J connectivity index is 0.910. The van der Waals surface area contributed by atoms with Crippen LogP contribution in [-0.2, 0) is 61.3 Å². The maximum atomic E-state index is 13.4. The molecule has 1 saturated heterocycles. The number of benzene rings is 3. The largest absolute Gasteiger partial charge is 0.490 e. The quantitative estimate of drug-likeness (QED) is 0.00485. The molecule has 4 aliphatic rings. The minimum atomic E-state index is -5.79. The number of rotatable bonds is 31. The number of nitrogens with two attached hydrogens (primary N) is 2.